The smallest absolute Gasteiger partial charge is 0.266 e. The molecule has 0 aromatic carbocycles. The van der Waals surface area contributed by atoms with Crippen LogP contribution in [0.3, 0.4) is 0 Å². The zero-order valence-corrected chi connectivity index (χ0v) is 12.3. The third-order valence-corrected chi connectivity index (χ3v) is 3.06. The number of hydrogen-bond donors (Lipinski definition) is 1. The molecule has 1 aromatic rings. The number of carbonyl (C=O) groups excluding carboxylic acids is 2. The first-order valence-electron chi connectivity index (χ1n) is 6.87. The minimum Gasteiger partial charge on any atom is -0.480 e. The number of nitrogens with zero attached hydrogens (tertiary/aromatic N) is 3. The van der Waals surface area contributed by atoms with Crippen LogP contribution in [-0.4, -0.2) is 62.0 Å². The molecule has 7 heteroatoms. The van der Waals surface area contributed by atoms with Crippen molar-refractivity contribution in [3.05, 3.63) is 18.3 Å². The molecule has 0 saturated heterocycles. The summed E-state index contributed by atoms with van der Waals surface area (Å²) in [7, 11) is 3.97. The van der Waals surface area contributed by atoms with Gasteiger partial charge in [-0.05, 0) is 39.2 Å². The van der Waals surface area contributed by atoms with E-state index in [9.17, 15) is 9.59 Å². The molecule has 2 heterocycles. The van der Waals surface area contributed by atoms with Gasteiger partial charge >= 0.3 is 0 Å². The summed E-state index contributed by atoms with van der Waals surface area (Å²) in [6.45, 7) is 1.40. The van der Waals surface area contributed by atoms with E-state index in [-0.39, 0.29) is 25.0 Å². The highest BCUT2D eigenvalue weighted by Gasteiger charge is 2.28. The van der Waals surface area contributed by atoms with Gasteiger partial charge in [0.25, 0.3) is 5.91 Å². The summed E-state index contributed by atoms with van der Waals surface area (Å²) in [6.07, 6.45) is 2.44. The van der Waals surface area contributed by atoms with Gasteiger partial charge in [-0.1, -0.05) is 0 Å². The van der Waals surface area contributed by atoms with Gasteiger partial charge in [0.2, 0.25) is 5.91 Å². The number of fused-ring (bicyclic) bond motifs is 1. The van der Waals surface area contributed by atoms with Crippen LogP contribution in [0.2, 0.25) is 0 Å². The molecule has 0 atom stereocenters. The Balaban J connectivity index is 1.90. The number of hydrogen-bond acceptors (Lipinski definition) is 5. The van der Waals surface area contributed by atoms with Crippen molar-refractivity contribution in [1.82, 2.24) is 15.2 Å². The van der Waals surface area contributed by atoms with E-state index in [0.29, 0.717) is 18.1 Å². The van der Waals surface area contributed by atoms with E-state index in [2.05, 4.69) is 15.2 Å². The van der Waals surface area contributed by atoms with Crippen LogP contribution in [0.5, 0.6) is 5.75 Å². The number of rotatable bonds is 6. The second-order valence-electron chi connectivity index (χ2n) is 5.10. The van der Waals surface area contributed by atoms with Crippen LogP contribution in [0, 0.1) is 0 Å². The predicted octanol–water partition coefficient (Wildman–Crippen LogP) is -0.125. The molecule has 0 aliphatic carbocycles. The van der Waals surface area contributed by atoms with E-state index >= 15 is 0 Å². The minimum absolute atomic E-state index is 0.0336. The van der Waals surface area contributed by atoms with Crippen molar-refractivity contribution in [3.63, 3.8) is 0 Å². The standard InChI is InChI=1S/C14H20N4O3/c1-17(2)8-4-7-15-12(19)9-18-13(20)10-21-11-5-3-6-16-14(11)18/h3,5-6H,4,7-10H2,1-2H3,(H,15,19). The lowest BCUT2D eigenvalue weighted by molar-refractivity contribution is -0.125. The first-order chi connectivity index (χ1) is 10.1. The van der Waals surface area contributed by atoms with Crippen molar-refractivity contribution in [3.8, 4) is 5.75 Å². The monoisotopic (exact) mass is 292 g/mol. The van der Waals surface area contributed by atoms with E-state index in [1.54, 1.807) is 18.3 Å². The first-order valence-corrected chi connectivity index (χ1v) is 6.87. The lowest BCUT2D eigenvalue weighted by Crippen LogP contribution is -2.45. The average molecular weight is 292 g/mol. The first kappa shape index (κ1) is 15.2. The van der Waals surface area contributed by atoms with Gasteiger partial charge in [0, 0.05) is 12.7 Å². The summed E-state index contributed by atoms with van der Waals surface area (Å²) in [5.74, 6) is 0.472. The third-order valence-electron chi connectivity index (χ3n) is 3.06. The number of ether oxygens (including phenoxy) is 1. The number of aromatic nitrogens is 1. The fourth-order valence-corrected chi connectivity index (χ4v) is 2.02. The molecule has 1 aliphatic heterocycles. The van der Waals surface area contributed by atoms with Crippen LogP contribution in [0.25, 0.3) is 0 Å². The van der Waals surface area contributed by atoms with Crippen LogP contribution < -0.4 is 15.0 Å². The Morgan fingerprint density at radius 2 is 2.33 bits per heavy atom. The topological polar surface area (TPSA) is 74.8 Å². The molecular weight excluding hydrogens is 272 g/mol. The molecule has 0 spiro atoms. The molecule has 7 nitrogen and oxygen atoms in total. The zero-order chi connectivity index (χ0) is 15.2. The van der Waals surface area contributed by atoms with E-state index in [1.807, 2.05) is 14.1 Å². The molecule has 1 N–H and O–H groups in total. The summed E-state index contributed by atoms with van der Waals surface area (Å²) in [5, 5.41) is 2.81. The number of nitrogens with one attached hydrogen (secondary N) is 1. The second kappa shape index (κ2) is 7.03. The molecule has 114 valence electrons. The fraction of sp³-hybridized carbons (Fsp3) is 0.500. The van der Waals surface area contributed by atoms with E-state index in [1.165, 1.54) is 4.90 Å². The lowest BCUT2D eigenvalue weighted by Gasteiger charge is -2.27. The second-order valence-corrected chi connectivity index (χ2v) is 5.10. The highest BCUT2D eigenvalue weighted by molar-refractivity contribution is 6.01. The highest BCUT2D eigenvalue weighted by atomic mass is 16.5. The van der Waals surface area contributed by atoms with Gasteiger partial charge in [0.1, 0.15) is 6.54 Å². The molecule has 2 rings (SSSR count). The van der Waals surface area contributed by atoms with Crippen LogP contribution in [0.1, 0.15) is 6.42 Å². The zero-order valence-electron chi connectivity index (χ0n) is 12.3. The molecule has 2 amide bonds. The molecule has 0 fully saturated rings. The SMILES string of the molecule is CN(C)CCCNC(=O)CN1C(=O)COc2cccnc21. The van der Waals surface area contributed by atoms with Crippen LogP contribution in [0.15, 0.2) is 18.3 Å². The van der Waals surface area contributed by atoms with Gasteiger partial charge in [0.05, 0.1) is 0 Å². The quantitative estimate of drug-likeness (QED) is 0.740. The van der Waals surface area contributed by atoms with Gasteiger partial charge in [-0.3, -0.25) is 14.5 Å². The largest absolute Gasteiger partial charge is 0.480 e. The minimum atomic E-state index is -0.260. The number of pyridine rings is 1. The van der Waals surface area contributed by atoms with Gasteiger partial charge in [-0.25, -0.2) is 4.98 Å². The summed E-state index contributed by atoms with van der Waals surface area (Å²) in [6, 6.07) is 3.46. The molecule has 0 bridgehead atoms. The van der Waals surface area contributed by atoms with Crippen molar-refractivity contribution >= 4 is 17.6 Å². The molecular formula is C14H20N4O3. The maximum atomic E-state index is 11.9. The molecule has 0 unspecified atom stereocenters. The van der Waals surface area contributed by atoms with Crippen LogP contribution >= 0.6 is 0 Å². The number of amides is 2. The Labute approximate surface area is 123 Å². The highest BCUT2D eigenvalue weighted by Crippen LogP contribution is 2.28. The molecule has 21 heavy (non-hydrogen) atoms. The Kier molecular flexibility index (Phi) is 5.10. The maximum absolute atomic E-state index is 11.9. The van der Waals surface area contributed by atoms with Crippen molar-refractivity contribution < 1.29 is 14.3 Å². The Morgan fingerprint density at radius 3 is 3.10 bits per heavy atom. The van der Waals surface area contributed by atoms with E-state index < -0.39 is 0 Å². The van der Waals surface area contributed by atoms with Crippen molar-refractivity contribution in [2.75, 3.05) is 45.2 Å². The summed E-state index contributed by atoms with van der Waals surface area (Å²) in [4.78, 5) is 31.3. The van der Waals surface area contributed by atoms with E-state index in [0.717, 1.165) is 13.0 Å². The number of carbonyl (C=O) groups is 2. The van der Waals surface area contributed by atoms with Crippen molar-refractivity contribution in [1.29, 1.82) is 0 Å². The predicted molar refractivity (Wildman–Crippen MR) is 78.3 cm³/mol. The van der Waals surface area contributed by atoms with E-state index in [4.69, 9.17) is 4.74 Å². The maximum Gasteiger partial charge on any atom is 0.266 e. The Bertz CT molecular complexity index is 519. The molecule has 1 aliphatic rings. The fourth-order valence-electron chi connectivity index (χ4n) is 2.02. The van der Waals surface area contributed by atoms with Crippen LogP contribution in [0.4, 0.5) is 5.82 Å². The summed E-state index contributed by atoms with van der Waals surface area (Å²) >= 11 is 0. The number of anilines is 1. The normalized spacial score (nSPS) is 13.9. The van der Waals surface area contributed by atoms with Gasteiger partial charge in [-0.2, -0.15) is 0 Å². The molecule has 0 saturated carbocycles. The summed E-state index contributed by atoms with van der Waals surface area (Å²) in [5.41, 5.74) is 0. The Hall–Kier alpha value is -2.15. The van der Waals surface area contributed by atoms with Gasteiger partial charge in [-0.15, -0.1) is 0 Å². The van der Waals surface area contributed by atoms with Crippen LogP contribution in [-0.2, 0) is 9.59 Å². The molecule has 0 radical (unpaired) electrons. The lowest BCUT2D eigenvalue weighted by atomic mass is 10.3. The molecule has 1 aromatic heterocycles. The Morgan fingerprint density at radius 1 is 1.52 bits per heavy atom. The summed E-state index contributed by atoms with van der Waals surface area (Å²) < 4.78 is 5.28. The average Bonchev–Trinajstić information content (AvgIpc) is 2.46. The van der Waals surface area contributed by atoms with Gasteiger partial charge in [0.15, 0.2) is 18.2 Å². The van der Waals surface area contributed by atoms with Crippen molar-refractivity contribution in [2.45, 2.75) is 6.42 Å². The van der Waals surface area contributed by atoms with Crippen molar-refractivity contribution in [2.24, 2.45) is 0 Å². The third kappa shape index (κ3) is 4.16. The van der Waals surface area contributed by atoms with Gasteiger partial charge < -0.3 is 15.0 Å².